The molecule has 1 heterocycles. The molecule has 0 fully saturated rings. The van der Waals surface area contributed by atoms with Gasteiger partial charge in [0.2, 0.25) is 5.13 Å². The molecule has 0 saturated carbocycles. The van der Waals surface area contributed by atoms with E-state index in [2.05, 4.69) is 21.6 Å². The lowest BCUT2D eigenvalue weighted by Gasteiger charge is -2.14. The fraction of sp³-hybridized carbons (Fsp3) is 0.250. The van der Waals surface area contributed by atoms with Crippen LogP contribution in [0.5, 0.6) is 5.75 Å². The van der Waals surface area contributed by atoms with Crippen LogP contribution < -0.4 is 10.1 Å². The van der Waals surface area contributed by atoms with Crippen LogP contribution in [0.1, 0.15) is 23.6 Å². The molecule has 0 aliphatic carbocycles. The average molecular weight is 468 g/mol. The summed E-state index contributed by atoms with van der Waals surface area (Å²) in [4.78, 5) is 12.4. The van der Waals surface area contributed by atoms with E-state index in [-0.39, 0.29) is 5.91 Å². The number of hydrogen-bond donors (Lipinski definition) is 1. The minimum Gasteiger partial charge on any atom is -0.481 e. The zero-order valence-electron chi connectivity index (χ0n) is 16.0. The van der Waals surface area contributed by atoms with Gasteiger partial charge in [-0.05, 0) is 61.7 Å². The van der Waals surface area contributed by atoms with Gasteiger partial charge in [-0.25, -0.2) is 0 Å². The summed E-state index contributed by atoms with van der Waals surface area (Å²) in [7, 11) is 0. The predicted molar refractivity (Wildman–Crippen MR) is 121 cm³/mol. The molecule has 1 aromatic heterocycles. The predicted octanol–water partition coefficient (Wildman–Crippen LogP) is 6.16. The minimum atomic E-state index is -0.663. The zero-order chi connectivity index (χ0) is 21.0. The highest BCUT2D eigenvalue weighted by Crippen LogP contribution is 2.31. The molecule has 0 spiro atoms. The maximum Gasteiger partial charge on any atom is 0.266 e. The van der Waals surface area contributed by atoms with Crippen molar-refractivity contribution in [2.24, 2.45) is 0 Å². The quantitative estimate of drug-likeness (QED) is 0.332. The number of anilines is 1. The zero-order valence-corrected chi connectivity index (χ0v) is 19.2. The molecule has 3 aromatic rings. The first kappa shape index (κ1) is 21.9. The Kier molecular flexibility index (Phi) is 7.40. The Morgan fingerprint density at radius 2 is 1.90 bits per heavy atom. The molecule has 1 amide bonds. The topological polar surface area (TPSA) is 64.1 Å². The highest BCUT2D eigenvalue weighted by Gasteiger charge is 2.17. The van der Waals surface area contributed by atoms with Crippen molar-refractivity contribution in [1.82, 2.24) is 10.2 Å². The summed E-state index contributed by atoms with van der Waals surface area (Å²) < 4.78 is 6.49. The molecular formula is C20H19Cl2N3O2S2. The molecule has 1 unspecified atom stereocenters. The fourth-order valence-electron chi connectivity index (χ4n) is 2.56. The van der Waals surface area contributed by atoms with E-state index in [1.807, 2.05) is 32.0 Å². The molecule has 152 valence electrons. The van der Waals surface area contributed by atoms with Gasteiger partial charge in [-0.2, -0.15) is 0 Å². The van der Waals surface area contributed by atoms with E-state index in [1.54, 1.807) is 19.1 Å². The molecule has 0 aliphatic rings. The fourth-order valence-corrected chi connectivity index (χ4v) is 4.88. The van der Waals surface area contributed by atoms with Crippen LogP contribution in [-0.2, 0) is 10.5 Å². The largest absolute Gasteiger partial charge is 0.481 e. The number of nitrogens with zero attached hydrogens (tertiary/aromatic N) is 2. The van der Waals surface area contributed by atoms with E-state index in [4.69, 9.17) is 27.9 Å². The molecule has 1 atom stereocenters. The van der Waals surface area contributed by atoms with Gasteiger partial charge in [0.15, 0.2) is 10.4 Å². The van der Waals surface area contributed by atoms with Crippen molar-refractivity contribution < 1.29 is 9.53 Å². The Balaban J connectivity index is 1.55. The first-order chi connectivity index (χ1) is 13.8. The van der Waals surface area contributed by atoms with Gasteiger partial charge in [0.25, 0.3) is 5.91 Å². The Morgan fingerprint density at radius 1 is 1.17 bits per heavy atom. The number of nitrogens with one attached hydrogen (secondary N) is 1. The van der Waals surface area contributed by atoms with Crippen molar-refractivity contribution in [3.63, 3.8) is 0 Å². The van der Waals surface area contributed by atoms with Crippen LogP contribution in [0, 0.1) is 13.8 Å². The van der Waals surface area contributed by atoms with Crippen molar-refractivity contribution >= 4 is 57.3 Å². The van der Waals surface area contributed by atoms with E-state index >= 15 is 0 Å². The number of amides is 1. The third-order valence-corrected chi connectivity index (χ3v) is 6.49. The summed E-state index contributed by atoms with van der Waals surface area (Å²) in [6.45, 7) is 5.68. The van der Waals surface area contributed by atoms with E-state index in [0.717, 1.165) is 21.0 Å². The number of aryl methyl sites for hydroxylation is 2. The average Bonchev–Trinajstić information content (AvgIpc) is 3.07. The lowest BCUT2D eigenvalue weighted by atomic mass is 10.1. The summed E-state index contributed by atoms with van der Waals surface area (Å²) in [6.07, 6.45) is -0.663. The first-order valence-corrected chi connectivity index (χ1v) is 11.3. The molecule has 3 rings (SSSR count). The SMILES string of the molecule is Cc1cc(C)cc(OC(C)C(=O)Nc2nnc(SCc3ccc(Cl)cc3Cl)s2)c1. The number of thioether (sulfide) groups is 1. The third-order valence-electron chi connectivity index (χ3n) is 3.88. The standard InChI is InChI=1S/C20H19Cl2N3O2S2/c1-11-6-12(2)8-16(7-11)27-13(3)18(26)23-19-24-25-20(29-19)28-10-14-4-5-15(21)9-17(14)22/h4-9,13H,10H2,1-3H3,(H,23,24,26). The summed E-state index contributed by atoms with van der Waals surface area (Å²) in [5.74, 6) is 1.02. The van der Waals surface area contributed by atoms with Gasteiger partial charge in [0, 0.05) is 15.8 Å². The van der Waals surface area contributed by atoms with Crippen molar-refractivity contribution in [3.05, 3.63) is 63.1 Å². The molecule has 0 aliphatic heterocycles. The molecule has 5 nitrogen and oxygen atoms in total. The molecule has 0 bridgehead atoms. The second-order valence-corrected chi connectivity index (χ2v) is 9.51. The van der Waals surface area contributed by atoms with Crippen LogP contribution in [0.25, 0.3) is 0 Å². The van der Waals surface area contributed by atoms with E-state index in [0.29, 0.717) is 26.7 Å². The molecule has 9 heteroatoms. The smallest absolute Gasteiger partial charge is 0.266 e. The Labute approximate surface area is 187 Å². The van der Waals surface area contributed by atoms with Crippen molar-refractivity contribution in [2.45, 2.75) is 37.0 Å². The second kappa shape index (κ2) is 9.80. The second-order valence-electron chi connectivity index (χ2n) is 6.47. The van der Waals surface area contributed by atoms with Crippen molar-refractivity contribution in [1.29, 1.82) is 0 Å². The van der Waals surface area contributed by atoms with Crippen LogP contribution in [0.2, 0.25) is 10.0 Å². The number of benzene rings is 2. The minimum absolute atomic E-state index is 0.280. The Bertz CT molecular complexity index is 1010. The first-order valence-electron chi connectivity index (χ1n) is 8.76. The number of hydrogen-bond acceptors (Lipinski definition) is 6. The van der Waals surface area contributed by atoms with Gasteiger partial charge in [-0.15, -0.1) is 10.2 Å². The Morgan fingerprint density at radius 3 is 2.59 bits per heavy atom. The van der Waals surface area contributed by atoms with E-state index in [1.165, 1.54) is 23.1 Å². The molecule has 29 heavy (non-hydrogen) atoms. The van der Waals surface area contributed by atoms with Gasteiger partial charge in [0.05, 0.1) is 0 Å². The lowest BCUT2D eigenvalue weighted by molar-refractivity contribution is -0.122. The lowest BCUT2D eigenvalue weighted by Crippen LogP contribution is -2.30. The van der Waals surface area contributed by atoms with Gasteiger partial charge in [0.1, 0.15) is 5.75 Å². The highest BCUT2D eigenvalue weighted by molar-refractivity contribution is 8.00. The van der Waals surface area contributed by atoms with Crippen LogP contribution in [0.3, 0.4) is 0 Å². The number of halogens is 2. The summed E-state index contributed by atoms with van der Waals surface area (Å²) >= 11 is 14.9. The maximum atomic E-state index is 12.4. The number of rotatable bonds is 7. The van der Waals surface area contributed by atoms with Crippen molar-refractivity contribution in [3.8, 4) is 5.75 Å². The number of aromatic nitrogens is 2. The van der Waals surface area contributed by atoms with Crippen LogP contribution in [0.4, 0.5) is 5.13 Å². The van der Waals surface area contributed by atoms with Crippen molar-refractivity contribution in [2.75, 3.05) is 5.32 Å². The molecular weight excluding hydrogens is 449 g/mol. The van der Waals surface area contributed by atoms with Crippen LogP contribution >= 0.6 is 46.3 Å². The highest BCUT2D eigenvalue weighted by atomic mass is 35.5. The Hall–Kier alpha value is -1.80. The van der Waals surface area contributed by atoms with Gasteiger partial charge < -0.3 is 4.74 Å². The summed E-state index contributed by atoms with van der Waals surface area (Å²) in [5, 5.41) is 12.5. The van der Waals surface area contributed by atoms with Gasteiger partial charge >= 0.3 is 0 Å². The van der Waals surface area contributed by atoms with E-state index in [9.17, 15) is 4.79 Å². The van der Waals surface area contributed by atoms with Crippen LogP contribution in [-0.4, -0.2) is 22.2 Å². The third kappa shape index (κ3) is 6.34. The summed E-state index contributed by atoms with van der Waals surface area (Å²) in [5.41, 5.74) is 3.12. The van der Waals surface area contributed by atoms with Gasteiger partial charge in [-0.1, -0.05) is 58.4 Å². The molecule has 2 aromatic carbocycles. The van der Waals surface area contributed by atoms with Gasteiger partial charge in [-0.3, -0.25) is 10.1 Å². The monoisotopic (exact) mass is 467 g/mol. The number of carbonyl (C=O) groups excluding carboxylic acids is 1. The number of carbonyl (C=O) groups is 1. The van der Waals surface area contributed by atoms with Crippen LogP contribution in [0.15, 0.2) is 40.7 Å². The number of ether oxygens (including phenoxy) is 1. The maximum absolute atomic E-state index is 12.4. The molecule has 0 radical (unpaired) electrons. The molecule has 1 N–H and O–H groups in total. The molecule has 0 saturated heterocycles. The van der Waals surface area contributed by atoms with E-state index < -0.39 is 6.10 Å². The normalized spacial score (nSPS) is 11.9. The summed E-state index contributed by atoms with van der Waals surface area (Å²) in [6, 6.07) is 11.2.